The number of methoxy groups -OCH3 is 2. The molecule has 3 aromatic rings. The summed E-state index contributed by atoms with van der Waals surface area (Å²) in [5, 5.41) is 10.4. The van der Waals surface area contributed by atoms with Gasteiger partial charge in [0.1, 0.15) is 23.4 Å². The number of rotatable bonds is 13. The molecule has 0 aliphatic rings. The molecule has 3 aromatic carbocycles. The largest absolute Gasteiger partial charge is 0.497 e. The van der Waals surface area contributed by atoms with Crippen molar-refractivity contribution in [1.29, 1.82) is 0 Å². The van der Waals surface area contributed by atoms with E-state index in [2.05, 4.69) is 24.3 Å². The maximum Gasteiger partial charge on any atom is 0.173 e. The van der Waals surface area contributed by atoms with Crippen LogP contribution in [0.25, 0.3) is 0 Å². The van der Waals surface area contributed by atoms with Crippen molar-refractivity contribution in [2.24, 2.45) is 5.73 Å². The highest BCUT2D eigenvalue weighted by molar-refractivity contribution is 5.85. The van der Waals surface area contributed by atoms with Gasteiger partial charge in [0.05, 0.1) is 14.2 Å². The Balaban J connectivity index is 0.00000408. The molecule has 0 heterocycles. The van der Waals surface area contributed by atoms with Gasteiger partial charge in [-0.3, -0.25) is 5.73 Å². The summed E-state index contributed by atoms with van der Waals surface area (Å²) < 4.78 is 16.3. The van der Waals surface area contributed by atoms with Crippen LogP contribution in [-0.4, -0.2) is 31.7 Å². The van der Waals surface area contributed by atoms with Crippen molar-refractivity contribution < 1.29 is 19.3 Å². The minimum Gasteiger partial charge on any atom is -0.497 e. The van der Waals surface area contributed by atoms with Gasteiger partial charge in [-0.05, 0) is 60.4 Å². The average molecular weight is 486 g/mol. The molecule has 0 amide bonds. The number of para-hydroxylation sites is 1. The molecule has 1 unspecified atom stereocenters. The van der Waals surface area contributed by atoms with Crippen LogP contribution in [-0.2, 0) is 0 Å². The Morgan fingerprint density at radius 2 is 1.18 bits per heavy atom. The molecule has 6 heteroatoms. The maximum atomic E-state index is 10.4. The first-order valence-electron chi connectivity index (χ1n) is 11.5. The van der Waals surface area contributed by atoms with Gasteiger partial charge in [0.25, 0.3) is 0 Å². The molecule has 0 aliphatic carbocycles. The first kappa shape index (κ1) is 27.5. The molecule has 0 spiro atoms. The second-order valence-corrected chi connectivity index (χ2v) is 8.20. The van der Waals surface area contributed by atoms with Crippen LogP contribution < -0.4 is 19.9 Å². The molecule has 3 rings (SSSR count). The van der Waals surface area contributed by atoms with Crippen LogP contribution in [0.4, 0.5) is 0 Å². The first-order valence-corrected chi connectivity index (χ1v) is 11.5. The molecule has 0 fully saturated rings. The third-order valence-corrected chi connectivity index (χ3v) is 5.92. The second-order valence-electron chi connectivity index (χ2n) is 8.20. The van der Waals surface area contributed by atoms with Crippen LogP contribution in [0.5, 0.6) is 17.2 Å². The Morgan fingerprint density at radius 1 is 0.676 bits per heavy atom. The monoisotopic (exact) mass is 485 g/mol. The van der Waals surface area contributed by atoms with E-state index in [0.717, 1.165) is 37.2 Å². The van der Waals surface area contributed by atoms with E-state index >= 15 is 0 Å². The third-order valence-electron chi connectivity index (χ3n) is 5.92. The zero-order valence-corrected chi connectivity index (χ0v) is 20.7. The van der Waals surface area contributed by atoms with Crippen molar-refractivity contribution in [2.75, 3.05) is 14.2 Å². The topological polar surface area (TPSA) is 73.9 Å². The number of hydrogen-bond acceptors (Lipinski definition) is 5. The highest BCUT2D eigenvalue weighted by Crippen LogP contribution is 2.32. The Morgan fingerprint density at radius 3 is 1.68 bits per heavy atom. The number of hydrogen-bond donors (Lipinski definition) is 2. The number of aliphatic hydroxyl groups is 1. The van der Waals surface area contributed by atoms with Crippen LogP contribution in [0.3, 0.4) is 0 Å². The summed E-state index contributed by atoms with van der Waals surface area (Å²) in [4.78, 5) is 0. The number of halogens is 1. The lowest BCUT2D eigenvalue weighted by Crippen LogP contribution is -2.39. The number of unbranched alkanes of at least 4 members (excludes halogenated alkanes) is 2. The van der Waals surface area contributed by atoms with Gasteiger partial charge in [-0.2, -0.15) is 0 Å². The van der Waals surface area contributed by atoms with Crippen LogP contribution in [0, 0.1) is 0 Å². The molecule has 0 aliphatic heterocycles. The predicted octanol–water partition coefficient (Wildman–Crippen LogP) is 5.93. The molecule has 0 bridgehead atoms. The molecule has 0 saturated heterocycles. The Hall–Kier alpha value is -2.73. The molecule has 5 nitrogen and oxygen atoms in total. The molecule has 0 aromatic heterocycles. The number of aliphatic hydroxyl groups excluding tert-OH is 1. The number of nitrogens with two attached hydrogens (primary N) is 1. The van der Waals surface area contributed by atoms with Crippen LogP contribution in [0.15, 0.2) is 78.9 Å². The molecule has 3 N–H and O–H groups in total. The molecular formula is C28H36ClNO4. The lowest BCUT2D eigenvalue weighted by Gasteiger charge is -2.21. The van der Waals surface area contributed by atoms with E-state index in [9.17, 15) is 5.11 Å². The van der Waals surface area contributed by atoms with Crippen molar-refractivity contribution >= 4 is 12.4 Å². The van der Waals surface area contributed by atoms with Crippen LogP contribution >= 0.6 is 12.4 Å². The van der Waals surface area contributed by atoms with E-state index in [4.69, 9.17) is 19.9 Å². The Bertz CT molecular complexity index is 887. The number of ether oxygens (including phenoxy) is 3. The van der Waals surface area contributed by atoms with E-state index < -0.39 is 12.3 Å². The SMILES string of the molecule is COc1ccc(C(CCCCC[C@H](O)C(N)Oc2ccccc2)c2ccc(OC)cc2)cc1.Cl. The summed E-state index contributed by atoms with van der Waals surface area (Å²) in [7, 11) is 3.36. The molecule has 2 atom stereocenters. The zero-order chi connectivity index (χ0) is 23.5. The second kappa shape index (κ2) is 14.5. The summed E-state index contributed by atoms with van der Waals surface area (Å²) in [6.45, 7) is 0. The normalized spacial score (nSPS) is 12.5. The Labute approximate surface area is 209 Å². The lowest BCUT2D eigenvalue weighted by molar-refractivity contribution is 0.0330. The fraction of sp³-hybridized carbons (Fsp3) is 0.357. The van der Waals surface area contributed by atoms with Gasteiger partial charge in [-0.1, -0.05) is 61.7 Å². The van der Waals surface area contributed by atoms with E-state index in [1.807, 2.05) is 54.6 Å². The van der Waals surface area contributed by atoms with Gasteiger partial charge in [-0.25, -0.2) is 0 Å². The smallest absolute Gasteiger partial charge is 0.173 e. The van der Waals surface area contributed by atoms with Gasteiger partial charge in [0.2, 0.25) is 0 Å². The van der Waals surface area contributed by atoms with Gasteiger partial charge in [-0.15, -0.1) is 12.4 Å². The van der Waals surface area contributed by atoms with Crippen LogP contribution in [0.1, 0.15) is 49.1 Å². The molecule has 34 heavy (non-hydrogen) atoms. The van der Waals surface area contributed by atoms with Gasteiger partial charge in [0.15, 0.2) is 6.23 Å². The fourth-order valence-corrected chi connectivity index (χ4v) is 3.98. The summed E-state index contributed by atoms with van der Waals surface area (Å²) >= 11 is 0. The highest BCUT2D eigenvalue weighted by atomic mass is 35.5. The summed E-state index contributed by atoms with van der Waals surface area (Å²) in [6.07, 6.45) is 3.17. The van der Waals surface area contributed by atoms with Crippen molar-refractivity contribution in [3.63, 3.8) is 0 Å². The van der Waals surface area contributed by atoms with Crippen LogP contribution in [0.2, 0.25) is 0 Å². The van der Waals surface area contributed by atoms with Crippen molar-refractivity contribution in [3.8, 4) is 17.2 Å². The number of benzene rings is 3. The predicted molar refractivity (Wildman–Crippen MR) is 139 cm³/mol. The Kier molecular flexibility index (Phi) is 11.7. The van der Waals surface area contributed by atoms with E-state index in [1.165, 1.54) is 11.1 Å². The molecule has 0 saturated carbocycles. The minimum atomic E-state index is -0.723. The highest BCUT2D eigenvalue weighted by Gasteiger charge is 2.17. The van der Waals surface area contributed by atoms with E-state index in [1.54, 1.807) is 14.2 Å². The standard InChI is InChI=1S/C28H35NO4.ClH/c1-31-23-17-13-21(14-18-23)26(22-15-19-24(32-2)20-16-22)11-7-4-8-12-27(30)28(29)33-25-9-5-3-6-10-25;/h3,5-6,9-10,13-20,26-28,30H,4,7-8,11-12,29H2,1-2H3;1H/t27-,28?;/m0./s1. The van der Waals surface area contributed by atoms with Crippen molar-refractivity contribution in [3.05, 3.63) is 90.0 Å². The van der Waals surface area contributed by atoms with Gasteiger partial charge in [0, 0.05) is 5.92 Å². The third kappa shape index (κ3) is 8.24. The average Bonchev–Trinajstić information content (AvgIpc) is 2.87. The zero-order valence-electron chi connectivity index (χ0n) is 19.9. The maximum absolute atomic E-state index is 10.4. The van der Waals surface area contributed by atoms with E-state index in [-0.39, 0.29) is 18.3 Å². The van der Waals surface area contributed by atoms with Gasteiger partial charge < -0.3 is 19.3 Å². The summed E-state index contributed by atoms with van der Waals surface area (Å²) in [6, 6.07) is 26.0. The lowest BCUT2D eigenvalue weighted by atomic mass is 9.86. The van der Waals surface area contributed by atoms with Gasteiger partial charge >= 0.3 is 0 Å². The van der Waals surface area contributed by atoms with Crippen molar-refractivity contribution in [2.45, 2.75) is 50.4 Å². The summed E-state index contributed by atoms with van der Waals surface area (Å²) in [5.74, 6) is 2.67. The molecule has 184 valence electrons. The fourth-order valence-electron chi connectivity index (χ4n) is 3.98. The summed E-state index contributed by atoms with van der Waals surface area (Å²) in [5.41, 5.74) is 8.55. The quantitative estimate of drug-likeness (QED) is 0.232. The van der Waals surface area contributed by atoms with Crippen molar-refractivity contribution in [1.82, 2.24) is 0 Å². The molecule has 0 radical (unpaired) electrons. The van der Waals surface area contributed by atoms with E-state index in [0.29, 0.717) is 12.2 Å². The first-order chi connectivity index (χ1) is 16.1. The molecular weight excluding hydrogens is 450 g/mol. The minimum absolute atomic E-state index is 0.